The highest BCUT2D eigenvalue weighted by atomic mass is 35.5. The molecule has 2 aromatic rings. The Balaban J connectivity index is 2.37. The standard InChI is InChI=1S/C14H12Cl2Si/c1-17(2)13-7-9(15)3-5-11(13)12-6-4-10(16)8-14(12)17/h3-8H,1-2H3. The number of halogens is 2. The molecule has 0 saturated carbocycles. The fourth-order valence-electron chi connectivity index (χ4n) is 2.68. The van der Waals surface area contributed by atoms with Crippen molar-refractivity contribution in [3.05, 3.63) is 46.4 Å². The number of benzene rings is 2. The van der Waals surface area contributed by atoms with Gasteiger partial charge in [0, 0.05) is 10.0 Å². The molecule has 2 aromatic carbocycles. The van der Waals surface area contributed by atoms with E-state index in [0.717, 1.165) is 10.0 Å². The number of hydrogen-bond acceptors (Lipinski definition) is 0. The number of rotatable bonds is 0. The molecule has 1 heterocycles. The van der Waals surface area contributed by atoms with Gasteiger partial charge in [0.15, 0.2) is 0 Å². The third-order valence-electron chi connectivity index (χ3n) is 3.60. The predicted octanol–water partition coefficient (Wildman–Crippen LogP) is 3.80. The number of fused-ring (bicyclic) bond motifs is 3. The second-order valence-electron chi connectivity index (χ2n) is 5.00. The van der Waals surface area contributed by atoms with E-state index in [-0.39, 0.29) is 0 Å². The van der Waals surface area contributed by atoms with Crippen molar-refractivity contribution in [3.8, 4) is 11.1 Å². The average Bonchev–Trinajstić information content (AvgIpc) is 2.49. The van der Waals surface area contributed by atoms with Crippen LogP contribution >= 0.6 is 23.2 Å². The molecule has 3 rings (SSSR count). The average molecular weight is 279 g/mol. The Morgan fingerprint density at radius 1 is 0.765 bits per heavy atom. The summed E-state index contributed by atoms with van der Waals surface area (Å²) >= 11 is 12.2. The van der Waals surface area contributed by atoms with E-state index < -0.39 is 8.07 Å². The predicted molar refractivity (Wildman–Crippen MR) is 78.6 cm³/mol. The van der Waals surface area contributed by atoms with Crippen molar-refractivity contribution in [2.45, 2.75) is 13.1 Å². The van der Waals surface area contributed by atoms with Gasteiger partial charge in [-0.2, -0.15) is 0 Å². The molecule has 0 radical (unpaired) electrons. The van der Waals surface area contributed by atoms with Crippen molar-refractivity contribution < 1.29 is 0 Å². The summed E-state index contributed by atoms with van der Waals surface area (Å²) < 4.78 is 0. The van der Waals surface area contributed by atoms with Crippen LogP contribution in [0.4, 0.5) is 0 Å². The summed E-state index contributed by atoms with van der Waals surface area (Å²) in [7, 11) is -1.61. The monoisotopic (exact) mass is 278 g/mol. The minimum absolute atomic E-state index is 0.822. The first-order chi connectivity index (χ1) is 8.00. The lowest BCUT2D eigenvalue weighted by molar-refractivity contribution is 1.70. The zero-order valence-corrected chi connectivity index (χ0v) is 12.2. The molecule has 0 bridgehead atoms. The first-order valence-corrected chi connectivity index (χ1v) is 9.36. The zero-order valence-electron chi connectivity index (χ0n) is 9.72. The fraction of sp³-hybridized carbons (Fsp3) is 0.143. The van der Waals surface area contributed by atoms with Crippen LogP contribution in [-0.4, -0.2) is 8.07 Å². The maximum Gasteiger partial charge on any atom is 0.113 e. The van der Waals surface area contributed by atoms with Crippen LogP contribution < -0.4 is 10.4 Å². The molecule has 0 atom stereocenters. The Morgan fingerprint density at radius 2 is 1.18 bits per heavy atom. The highest BCUT2D eigenvalue weighted by Crippen LogP contribution is 2.30. The van der Waals surface area contributed by atoms with E-state index in [4.69, 9.17) is 23.2 Å². The molecule has 1 aliphatic rings. The molecule has 1 aliphatic heterocycles. The van der Waals surface area contributed by atoms with Gasteiger partial charge in [0.2, 0.25) is 0 Å². The van der Waals surface area contributed by atoms with Gasteiger partial charge in [0.05, 0.1) is 0 Å². The summed E-state index contributed by atoms with van der Waals surface area (Å²) in [4.78, 5) is 0. The second kappa shape index (κ2) is 3.61. The minimum atomic E-state index is -1.61. The summed E-state index contributed by atoms with van der Waals surface area (Å²) in [6.45, 7) is 4.70. The van der Waals surface area contributed by atoms with Crippen molar-refractivity contribution in [1.29, 1.82) is 0 Å². The van der Waals surface area contributed by atoms with Crippen molar-refractivity contribution in [3.63, 3.8) is 0 Å². The maximum absolute atomic E-state index is 6.12. The molecule has 0 N–H and O–H groups in total. The smallest absolute Gasteiger partial charge is 0.0843 e. The Morgan fingerprint density at radius 3 is 1.59 bits per heavy atom. The third kappa shape index (κ3) is 1.57. The van der Waals surface area contributed by atoms with Gasteiger partial charge in [-0.3, -0.25) is 0 Å². The molecule has 3 heteroatoms. The molecule has 0 aromatic heterocycles. The highest BCUT2D eigenvalue weighted by molar-refractivity contribution is 7.04. The zero-order chi connectivity index (χ0) is 12.2. The molecular formula is C14H12Cl2Si. The lowest BCUT2D eigenvalue weighted by Gasteiger charge is -2.18. The van der Waals surface area contributed by atoms with Gasteiger partial charge in [-0.05, 0) is 45.8 Å². The number of hydrogen-bond donors (Lipinski definition) is 0. The SMILES string of the molecule is C[Si]1(C)c2cc(Cl)ccc2-c2ccc(Cl)cc21. The van der Waals surface area contributed by atoms with Crippen LogP contribution in [0.15, 0.2) is 36.4 Å². The van der Waals surface area contributed by atoms with Gasteiger partial charge >= 0.3 is 0 Å². The normalized spacial score (nSPS) is 15.5. The molecule has 0 aliphatic carbocycles. The fourth-order valence-corrected chi connectivity index (χ4v) is 6.31. The van der Waals surface area contributed by atoms with Crippen molar-refractivity contribution in [2.24, 2.45) is 0 Å². The summed E-state index contributed by atoms with van der Waals surface area (Å²) in [5.74, 6) is 0. The van der Waals surface area contributed by atoms with Crippen molar-refractivity contribution >= 4 is 41.6 Å². The molecule has 0 unspecified atom stereocenters. The van der Waals surface area contributed by atoms with Crippen LogP contribution in [0.2, 0.25) is 23.1 Å². The first kappa shape index (κ1) is 11.3. The Hall–Kier alpha value is -0.763. The van der Waals surface area contributed by atoms with Crippen LogP contribution in [0.5, 0.6) is 0 Å². The molecule has 0 spiro atoms. The van der Waals surface area contributed by atoms with Crippen LogP contribution in [-0.2, 0) is 0 Å². The van der Waals surface area contributed by atoms with Crippen molar-refractivity contribution in [1.82, 2.24) is 0 Å². The maximum atomic E-state index is 6.12. The van der Waals surface area contributed by atoms with Crippen molar-refractivity contribution in [2.75, 3.05) is 0 Å². The van der Waals surface area contributed by atoms with Crippen LogP contribution in [0, 0.1) is 0 Å². The van der Waals surface area contributed by atoms with Gasteiger partial charge in [0.25, 0.3) is 0 Å². The van der Waals surface area contributed by atoms with E-state index in [1.54, 1.807) is 0 Å². The van der Waals surface area contributed by atoms with Crippen LogP contribution in [0.25, 0.3) is 11.1 Å². The largest absolute Gasteiger partial charge is 0.113 e. The van der Waals surface area contributed by atoms with Gasteiger partial charge in [-0.15, -0.1) is 0 Å². The molecule has 86 valence electrons. The third-order valence-corrected chi connectivity index (χ3v) is 7.59. The van der Waals surface area contributed by atoms with E-state index >= 15 is 0 Å². The minimum Gasteiger partial charge on any atom is -0.0843 e. The summed E-state index contributed by atoms with van der Waals surface area (Å²) in [6, 6.07) is 12.4. The quantitative estimate of drug-likeness (QED) is 0.643. The summed E-state index contributed by atoms with van der Waals surface area (Å²) in [6.07, 6.45) is 0. The highest BCUT2D eigenvalue weighted by Gasteiger charge is 2.37. The van der Waals surface area contributed by atoms with E-state index in [9.17, 15) is 0 Å². The Kier molecular flexibility index (Phi) is 2.41. The van der Waals surface area contributed by atoms with E-state index in [1.807, 2.05) is 12.1 Å². The van der Waals surface area contributed by atoms with Crippen LogP contribution in [0.1, 0.15) is 0 Å². The molecular weight excluding hydrogens is 267 g/mol. The lowest BCUT2D eigenvalue weighted by Crippen LogP contribution is -2.49. The van der Waals surface area contributed by atoms with Gasteiger partial charge < -0.3 is 0 Å². The van der Waals surface area contributed by atoms with Crippen LogP contribution in [0.3, 0.4) is 0 Å². The topological polar surface area (TPSA) is 0 Å². The van der Waals surface area contributed by atoms with E-state index in [2.05, 4.69) is 37.4 Å². The molecule has 0 amide bonds. The molecule has 0 fully saturated rings. The van der Waals surface area contributed by atoms with E-state index in [1.165, 1.54) is 21.5 Å². The summed E-state index contributed by atoms with van der Waals surface area (Å²) in [5.41, 5.74) is 2.66. The Bertz CT molecular complexity index is 564. The Labute approximate surface area is 112 Å². The molecule has 17 heavy (non-hydrogen) atoms. The first-order valence-electron chi connectivity index (χ1n) is 5.60. The molecule has 0 nitrogen and oxygen atoms in total. The van der Waals surface area contributed by atoms with E-state index in [0.29, 0.717) is 0 Å². The van der Waals surface area contributed by atoms with Gasteiger partial charge in [0.1, 0.15) is 8.07 Å². The second-order valence-corrected chi connectivity index (χ2v) is 10.2. The summed E-state index contributed by atoms with van der Waals surface area (Å²) in [5, 5.41) is 4.48. The lowest BCUT2D eigenvalue weighted by atomic mass is 10.1. The van der Waals surface area contributed by atoms with Gasteiger partial charge in [-0.25, -0.2) is 0 Å². The molecule has 0 saturated heterocycles. The van der Waals surface area contributed by atoms with Gasteiger partial charge in [-0.1, -0.05) is 48.4 Å².